The molecule has 1 fully saturated rings. The van der Waals surface area contributed by atoms with E-state index in [0.29, 0.717) is 11.8 Å². The van der Waals surface area contributed by atoms with Crippen LogP contribution in [0.1, 0.15) is 82.5 Å². The molecule has 150 valence electrons. The van der Waals surface area contributed by atoms with Gasteiger partial charge in [-0.15, -0.1) is 0 Å². The Hall–Kier alpha value is -2.06. The lowest BCUT2D eigenvalue weighted by Gasteiger charge is -2.23. The van der Waals surface area contributed by atoms with Gasteiger partial charge >= 0.3 is 0 Å². The average molecular weight is 377 g/mol. The molecule has 2 heterocycles. The van der Waals surface area contributed by atoms with E-state index < -0.39 is 0 Å². The highest BCUT2D eigenvalue weighted by molar-refractivity contribution is 5.92. The van der Waals surface area contributed by atoms with Crippen molar-refractivity contribution in [3.05, 3.63) is 64.9 Å². The number of nitrogens with one attached hydrogen (secondary N) is 2. The van der Waals surface area contributed by atoms with E-state index in [1.165, 1.54) is 51.7 Å². The Labute approximate surface area is 170 Å². The molecule has 1 aliphatic heterocycles. The molecule has 2 aromatic rings. The zero-order valence-corrected chi connectivity index (χ0v) is 18.3. The Morgan fingerprint density at radius 3 is 2.50 bits per heavy atom. The fourth-order valence-electron chi connectivity index (χ4n) is 4.29. The summed E-state index contributed by atoms with van der Waals surface area (Å²) in [6.45, 7) is 17.5. The minimum absolute atomic E-state index is 0.455. The molecule has 2 heteroatoms. The standard InChI is InChI=1S/C26H36N2/c1-7-19(6)15-22(14-17(2)3)26-25(18(4)5)23-16-21(8-9-24(23)28-26)20-10-12-27-13-11-20/h8-9,14-16,18,20,27-28H,2,7,10-13H2,1,3-6H3/b19-15+,22-14+. The summed E-state index contributed by atoms with van der Waals surface area (Å²) in [4.78, 5) is 3.74. The Bertz CT molecular complexity index is 902. The van der Waals surface area contributed by atoms with Crippen molar-refractivity contribution >= 4 is 16.5 Å². The third kappa shape index (κ3) is 4.50. The van der Waals surface area contributed by atoms with Crippen LogP contribution in [0.2, 0.25) is 0 Å². The molecule has 0 saturated carbocycles. The molecule has 0 radical (unpaired) electrons. The molecule has 1 saturated heterocycles. The van der Waals surface area contributed by atoms with E-state index in [9.17, 15) is 0 Å². The number of rotatable bonds is 6. The first-order chi connectivity index (χ1) is 13.4. The summed E-state index contributed by atoms with van der Waals surface area (Å²) in [6, 6.07) is 7.07. The molecule has 0 atom stereocenters. The Balaban J connectivity index is 2.16. The van der Waals surface area contributed by atoms with Crippen molar-refractivity contribution in [3.8, 4) is 0 Å². The van der Waals surface area contributed by atoms with Crippen LogP contribution in [0.4, 0.5) is 0 Å². The van der Waals surface area contributed by atoms with Gasteiger partial charge in [-0.2, -0.15) is 0 Å². The molecule has 0 spiro atoms. The molecule has 0 amide bonds. The van der Waals surface area contributed by atoms with Gasteiger partial charge in [0.25, 0.3) is 0 Å². The van der Waals surface area contributed by atoms with Crippen LogP contribution >= 0.6 is 0 Å². The minimum atomic E-state index is 0.455. The normalized spacial score (nSPS) is 16.9. The van der Waals surface area contributed by atoms with E-state index in [4.69, 9.17) is 0 Å². The molecule has 0 bridgehead atoms. The van der Waals surface area contributed by atoms with Gasteiger partial charge in [0.05, 0.1) is 0 Å². The van der Waals surface area contributed by atoms with Gasteiger partial charge < -0.3 is 10.3 Å². The van der Waals surface area contributed by atoms with Gasteiger partial charge in [0.15, 0.2) is 0 Å². The number of H-pyrrole nitrogens is 1. The van der Waals surface area contributed by atoms with Gasteiger partial charge in [0.2, 0.25) is 0 Å². The van der Waals surface area contributed by atoms with Gasteiger partial charge in [-0.05, 0) is 86.9 Å². The summed E-state index contributed by atoms with van der Waals surface area (Å²) >= 11 is 0. The fraction of sp³-hybridized carbons (Fsp3) is 0.462. The first-order valence-corrected chi connectivity index (χ1v) is 10.8. The maximum Gasteiger partial charge on any atom is 0.0500 e. The lowest BCUT2D eigenvalue weighted by atomic mass is 9.88. The zero-order chi connectivity index (χ0) is 20.3. The van der Waals surface area contributed by atoms with E-state index in [1.54, 1.807) is 0 Å². The highest BCUT2D eigenvalue weighted by Gasteiger charge is 2.20. The van der Waals surface area contributed by atoms with Crippen molar-refractivity contribution in [1.82, 2.24) is 10.3 Å². The van der Waals surface area contributed by atoms with E-state index in [0.717, 1.165) is 25.1 Å². The first-order valence-electron chi connectivity index (χ1n) is 10.8. The van der Waals surface area contributed by atoms with Crippen LogP contribution in [0.3, 0.4) is 0 Å². The molecule has 1 aromatic carbocycles. The summed E-state index contributed by atoms with van der Waals surface area (Å²) in [6.07, 6.45) is 8.06. The second kappa shape index (κ2) is 8.96. The maximum atomic E-state index is 4.13. The number of piperidine rings is 1. The van der Waals surface area contributed by atoms with Crippen molar-refractivity contribution in [2.45, 2.75) is 65.7 Å². The molecule has 2 N–H and O–H groups in total. The zero-order valence-electron chi connectivity index (χ0n) is 18.3. The maximum absolute atomic E-state index is 4.13. The smallest absolute Gasteiger partial charge is 0.0500 e. The lowest BCUT2D eigenvalue weighted by molar-refractivity contribution is 0.460. The van der Waals surface area contributed by atoms with Crippen molar-refractivity contribution in [2.75, 3.05) is 13.1 Å². The summed E-state index contributed by atoms with van der Waals surface area (Å²) in [5, 5.41) is 4.87. The van der Waals surface area contributed by atoms with E-state index >= 15 is 0 Å². The van der Waals surface area contributed by atoms with Crippen LogP contribution in [0, 0.1) is 0 Å². The largest absolute Gasteiger partial charge is 0.354 e. The number of hydrogen-bond acceptors (Lipinski definition) is 1. The Morgan fingerprint density at radius 1 is 1.18 bits per heavy atom. The van der Waals surface area contributed by atoms with E-state index in [-0.39, 0.29) is 0 Å². The van der Waals surface area contributed by atoms with Gasteiger partial charge in [-0.25, -0.2) is 0 Å². The van der Waals surface area contributed by atoms with Crippen LogP contribution in [-0.4, -0.2) is 18.1 Å². The van der Waals surface area contributed by atoms with E-state index in [2.05, 4.69) is 81.8 Å². The van der Waals surface area contributed by atoms with Crippen LogP contribution in [0.15, 0.2) is 48.1 Å². The predicted molar refractivity (Wildman–Crippen MR) is 124 cm³/mol. The van der Waals surface area contributed by atoms with Crippen LogP contribution in [-0.2, 0) is 0 Å². The van der Waals surface area contributed by atoms with Gasteiger partial charge in [-0.1, -0.05) is 56.7 Å². The molecule has 0 aliphatic carbocycles. The third-order valence-corrected chi connectivity index (χ3v) is 5.90. The Kier molecular flexibility index (Phi) is 6.61. The number of benzene rings is 1. The molecular weight excluding hydrogens is 340 g/mol. The molecule has 1 aromatic heterocycles. The third-order valence-electron chi connectivity index (χ3n) is 5.90. The minimum Gasteiger partial charge on any atom is -0.354 e. The predicted octanol–water partition coefficient (Wildman–Crippen LogP) is 7.07. The average Bonchev–Trinajstić information content (AvgIpc) is 3.06. The monoisotopic (exact) mass is 376 g/mol. The molecule has 3 rings (SSSR count). The van der Waals surface area contributed by atoms with Crippen molar-refractivity contribution in [3.63, 3.8) is 0 Å². The highest BCUT2D eigenvalue weighted by atomic mass is 14.9. The molecular formula is C26H36N2. The van der Waals surface area contributed by atoms with E-state index in [1.807, 2.05) is 0 Å². The molecule has 0 unspecified atom stereocenters. The molecule has 28 heavy (non-hydrogen) atoms. The van der Waals surface area contributed by atoms with Crippen LogP contribution < -0.4 is 5.32 Å². The first kappa shape index (κ1) is 20.7. The van der Waals surface area contributed by atoms with Crippen LogP contribution in [0.5, 0.6) is 0 Å². The van der Waals surface area contributed by atoms with Gasteiger partial charge in [0, 0.05) is 16.6 Å². The molecule has 2 nitrogen and oxygen atoms in total. The summed E-state index contributed by atoms with van der Waals surface area (Å²) in [7, 11) is 0. The fourth-order valence-corrected chi connectivity index (χ4v) is 4.29. The number of fused-ring (bicyclic) bond motifs is 1. The second-order valence-corrected chi connectivity index (χ2v) is 8.69. The molecule has 1 aliphatic rings. The topological polar surface area (TPSA) is 27.8 Å². The second-order valence-electron chi connectivity index (χ2n) is 8.69. The quantitative estimate of drug-likeness (QED) is 0.518. The van der Waals surface area contributed by atoms with Crippen molar-refractivity contribution in [2.24, 2.45) is 0 Å². The number of hydrogen-bond donors (Lipinski definition) is 2. The van der Waals surface area contributed by atoms with Gasteiger partial charge in [0.1, 0.15) is 0 Å². The van der Waals surface area contributed by atoms with Crippen molar-refractivity contribution < 1.29 is 0 Å². The SMILES string of the molecule is C=C(C)/C=C(\C=C(/C)CC)c1[nH]c2ccc(C3CCNCC3)cc2c1C(C)C. The van der Waals surface area contributed by atoms with Crippen molar-refractivity contribution in [1.29, 1.82) is 0 Å². The van der Waals surface area contributed by atoms with Crippen LogP contribution in [0.25, 0.3) is 16.5 Å². The van der Waals surface area contributed by atoms with Gasteiger partial charge in [-0.3, -0.25) is 0 Å². The summed E-state index contributed by atoms with van der Waals surface area (Å²) in [5.41, 5.74) is 9.13. The number of aromatic nitrogens is 1. The number of aromatic amines is 1. The summed E-state index contributed by atoms with van der Waals surface area (Å²) < 4.78 is 0. The Morgan fingerprint density at radius 2 is 1.89 bits per heavy atom. The lowest BCUT2D eigenvalue weighted by Crippen LogP contribution is -2.26. The number of allylic oxidation sites excluding steroid dienone is 5. The highest BCUT2D eigenvalue weighted by Crippen LogP contribution is 2.37. The summed E-state index contributed by atoms with van der Waals surface area (Å²) in [5.74, 6) is 1.13.